The predicted octanol–water partition coefficient (Wildman–Crippen LogP) is 3.69. The Balaban J connectivity index is 1.91. The number of benzene rings is 2. The highest BCUT2D eigenvalue weighted by Gasteiger charge is 2.30. The Kier molecular flexibility index (Phi) is 4.85. The molecule has 1 N–H and O–H groups in total. The molecule has 1 atom stereocenters. The average molecular weight is 296 g/mol. The van der Waals surface area contributed by atoms with Gasteiger partial charge in [-0.1, -0.05) is 36.4 Å². The fourth-order valence-corrected chi connectivity index (χ4v) is 1.90. The highest BCUT2D eigenvalue weighted by Crippen LogP contribution is 2.31. The number of aliphatic hydroxyl groups is 1. The van der Waals surface area contributed by atoms with Gasteiger partial charge in [-0.2, -0.15) is 13.2 Å². The van der Waals surface area contributed by atoms with E-state index in [1.54, 1.807) is 0 Å². The second-order valence-electron chi connectivity index (χ2n) is 4.68. The molecule has 112 valence electrons. The number of hydrogen-bond acceptors (Lipinski definition) is 2. The summed E-state index contributed by atoms with van der Waals surface area (Å²) in [5.41, 5.74) is 0.176. The molecule has 0 radical (unpaired) electrons. The minimum atomic E-state index is -4.40. The molecule has 0 spiro atoms. The molecule has 5 heteroatoms. The third-order valence-corrected chi connectivity index (χ3v) is 2.92. The highest BCUT2D eigenvalue weighted by atomic mass is 19.4. The summed E-state index contributed by atoms with van der Waals surface area (Å²) >= 11 is 0. The van der Waals surface area contributed by atoms with Gasteiger partial charge in [-0.3, -0.25) is 0 Å². The summed E-state index contributed by atoms with van der Waals surface area (Å²) in [5, 5.41) is 9.85. The molecule has 0 bridgehead atoms. The number of alkyl halides is 3. The first-order chi connectivity index (χ1) is 9.95. The van der Waals surface area contributed by atoms with Crippen LogP contribution in [0.4, 0.5) is 13.2 Å². The van der Waals surface area contributed by atoms with Gasteiger partial charge in [0.2, 0.25) is 0 Å². The summed E-state index contributed by atoms with van der Waals surface area (Å²) in [6, 6.07) is 13.9. The smallest absolute Gasteiger partial charge is 0.416 e. The number of hydrogen-bond donors (Lipinski definition) is 1. The Morgan fingerprint density at radius 3 is 2.38 bits per heavy atom. The molecule has 0 saturated carbocycles. The second-order valence-corrected chi connectivity index (χ2v) is 4.68. The SMILES string of the molecule is O[C@H](COc1cccc(C(F)(F)F)c1)Cc1ccccc1. The van der Waals surface area contributed by atoms with Gasteiger partial charge < -0.3 is 9.84 Å². The molecule has 2 rings (SSSR count). The van der Waals surface area contributed by atoms with Gasteiger partial charge in [0, 0.05) is 6.42 Å². The van der Waals surface area contributed by atoms with Gasteiger partial charge in [-0.05, 0) is 23.8 Å². The van der Waals surface area contributed by atoms with E-state index in [1.165, 1.54) is 12.1 Å². The predicted molar refractivity (Wildman–Crippen MR) is 73.1 cm³/mol. The molecule has 2 aromatic carbocycles. The standard InChI is InChI=1S/C16H15F3O2/c17-16(18,19)13-7-4-8-15(10-13)21-11-14(20)9-12-5-2-1-3-6-12/h1-8,10,14,20H,9,11H2/t14-/m0/s1. The number of aliphatic hydroxyl groups excluding tert-OH is 1. The maximum absolute atomic E-state index is 12.5. The summed E-state index contributed by atoms with van der Waals surface area (Å²) in [6.45, 7) is -0.0593. The first kappa shape index (κ1) is 15.4. The van der Waals surface area contributed by atoms with Crippen LogP contribution in [0.2, 0.25) is 0 Å². The zero-order valence-electron chi connectivity index (χ0n) is 11.2. The molecule has 21 heavy (non-hydrogen) atoms. The van der Waals surface area contributed by atoms with E-state index in [2.05, 4.69) is 0 Å². The van der Waals surface area contributed by atoms with Crippen LogP contribution >= 0.6 is 0 Å². The minimum absolute atomic E-state index is 0.0593. The van der Waals surface area contributed by atoms with Crippen LogP contribution < -0.4 is 4.74 Å². The van der Waals surface area contributed by atoms with E-state index < -0.39 is 17.8 Å². The molecule has 2 aromatic rings. The monoisotopic (exact) mass is 296 g/mol. The summed E-state index contributed by atoms with van der Waals surface area (Å²) < 4.78 is 42.9. The average Bonchev–Trinajstić information content (AvgIpc) is 2.46. The van der Waals surface area contributed by atoms with Crippen LogP contribution in [0.15, 0.2) is 54.6 Å². The largest absolute Gasteiger partial charge is 0.491 e. The summed E-state index contributed by atoms with van der Waals surface area (Å²) in [6.07, 6.45) is -4.79. The van der Waals surface area contributed by atoms with Gasteiger partial charge in [0.15, 0.2) is 0 Å². The molecule has 0 amide bonds. The lowest BCUT2D eigenvalue weighted by atomic mass is 10.1. The Bertz CT molecular complexity index is 567. The van der Waals surface area contributed by atoms with Crippen molar-refractivity contribution in [1.29, 1.82) is 0 Å². The highest BCUT2D eigenvalue weighted by molar-refractivity contribution is 5.30. The van der Waals surface area contributed by atoms with Crippen molar-refractivity contribution >= 4 is 0 Å². The van der Waals surface area contributed by atoms with Crippen molar-refractivity contribution in [3.8, 4) is 5.75 Å². The lowest BCUT2D eigenvalue weighted by Crippen LogP contribution is -2.20. The lowest BCUT2D eigenvalue weighted by Gasteiger charge is -2.14. The van der Waals surface area contributed by atoms with Crippen LogP contribution in [-0.2, 0) is 12.6 Å². The molecule has 0 aromatic heterocycles. The second kappa shape index (κ2) is 6.63. The molecule has 0 saturated heterocycles. The molecule has 0 aliphatic rings. The molecular weight excluding hydrogens is 281 g/mol. The van der Waals surface area contributed by atoms with Crippen molar-refractivity contribution in [2.75, 3.05) is 6.61 Å². The Morgan fingerprint density at radius 1 is 1.00 bits per heavy atom. The zero-order valence-corrected chi connectivity index (χ0v) is 11.2. The summed E-state index contributed by atoms with van der Waals surface area (Å²) in [4.78, 5) is 0. The van der Waals surface area contributed by atoms with Crippen LogP contribution in [0, 0.1) is 0 Å². The van der Waals surface area contributed by atoms with Gasteiger partial charge >= 0.3 is 6.18 Å². The third kappa shape index (κ3) is 4.79. The van der Waals surface area contributed by atoms with Crippen molar-refractivity contribution in [3.05, 3.63) is 65.7 Å². The van der Waals surface area contributed by atoms with Crippen molar-refractivity contribution in [3.63, 3.8) is 0 Å². The van der Waals surface area contributed by atoms with Crippen molar-refractivity contribution in [2.24, 2.45) is 0 Å². The van der Waals surface area contributed by atoms with Gasteiger partial charge in [0.05, 0.1) is 11.7 Å². The first-order valence-electron chi connectivity index (χ1n) is 6.47. The van der Waals surface area contributed by atoms with Crippen molar-refractivity contribution < 1.29 is 23.0 Å². The maximum atomic E-state index is 12.5. The fraction of sp³-hybridized carbons (Fsp3) is 0.250. The molecule has 2 nitrogen and oxygen atoms in total. The van der Waals surface area contributed by atoms with Crippen molar-refractivity contribution in [1.82, 2.24) is 0 Å². The maximum Gasteiger partial charge on any atom is 0.416 e. The molecule has 0 heterocycles. The van der Waals surface area contributed by atoms with Gasteiger partial charge in [0.25, 0.3) is 0 Å². The van der Waals surface area contributed by atoms with E-state index in [1.807, 2.05) is 30.3 Å². The van der Waals surface area contributed by atoms with E-state index in [0.29, 0.717) is 6.42 Å². The Labute approximate surface area is 120 Å². The summed E-state index contributed by atoms with van der Waals surface area (Å²) in [7, 11) is 0. The van der Waals surface area contributed by atoms with E-state index in [0.717, 1.165) is 17.7 Å². The zero-order chi connectivity index (χ0) is 15.3. The molecule has 0 aliphatic heterocycles. The Morgan fingerprint density at radius 2 is 1.71 bits per heavy atom. The van der Waals surface area contributed by atoms with Crippen LogP contribution in [0.1, 0.15) is 11.1 Å². The Hall–Kier alpha value is -2.01. The van der Waals surface area contributed by atoms with E-state index in [4.69, 9.17) is 4.74 Å². The van der Waals surface area contributed by atoms with Gasteiger partial charge in [-0.15, -0.1) is 0 Å². The lowest BCUT2D eigenvalue weighted by molar-refractivity contribution is -0.137. The number of ether oxygens (including phenoxy) is 1. The molecule has 0 fully saturated rings. The first-order valence-corrected chi connectivity index (χ1v) is 6.47. The van der Waals surface area contributed by atoms with E-state index >= 15 is 0 Å². The molecule has 0 aliphatic carbocycles. The molecular formula is C16H15F3O2. The minimum Gasteiger partial charge on any atom is -0.491 e. The quantitative estimate of drug-likeness (QED) is 0.912. The van der Waals surface area contributed by atoms with Gasteiger partial charge in [-0.25, -0.2) is 0 Å². The molecule has 0 unspecified atom stereocenters. The summed E-state index contributed by atoms with van der Waals surface area (Å²) in [5.74, 6) is 0.0944. The third-order valence-electron chi connectivity index (χ3n) is 2.92. The van der Waals surface area contributed by atoms with Gasteiger partial charge in [0.1, 0.15) is 12.4 Å². The number of rotatable bonds is 5. The van der Waals surface area contributed by atoms with E-state index in [9.17, 15) is 18.3 Å². The van der Waals surface area contributed by atoms with Crippen LogP contribution in [-0.4, -0.2) is 17.8 Å². The number of halogens is 3. The van der Waals surface area contributed by atoms with Crippen LogP contribution in [0.25, 0.3) is 0 Å². The van der Waals surface area contributed by atoms with Crippen molar-refractivity contribution in [2.45, 2.75) is 18.7 Å². The van der Waals surface area contributed by atoms with Crippen LogP contribution in [0.5, 0.6) is 5.75 Å². The fourth-order valence-electron chi connectivity index (χ4n) is 1.90. The normalized spacial score (nSPS) is 13.0. The van der Waals surface area contributed by atoms with E-state index in [-0.39, 0.29) is 12.4 Å². The van der Waals surface area contributed by atoms with Crippen LogP contribution in [0.3, 0.4) is 0 Å². The topological polar surface area (TPSA) is 29.5 Å².